The van der Waals surface area contributed by atoms with E-state index in [-0.39, 0.29) is 16.2 Å². The number of hydrogen-bond donors (Lipinski definition) is 1. The predicted octanol–water partition coefficient (Wildman–Crippen LogP) is 4.02. The first kappa shape index (κ1) is 12.8. The van der Waals surface area contributed by atoms with E-state index in [1.54, 1.807) is 11.8 Å². The van der Waals surface area contributed by atoms with Gasteiger partial charge in [-0.05, 0) is 35.3 Å². The van der Waals surface area contributed by atoms with Crippen LogP contribution in [0.25, 0.3) is 0 Å². The Labute approximate surface area is 111 Å². The Kier molecular flexibility index (Phi) is 4.04. The molecular formula is C11H11BrF2N2S. The molecule has 0 amide bonds. The van der Waals surface area contributed by atoms with Crippen molar-refractivity contribution in [3.8, 4) is 0 Å². The normalized spacial score (nSPS) is 20.0. The zero-order chi connectivity index (χ0) is 12.4. The number of halogens is 3. The van der Waals surface area contributed by atoms with E-state index < -0.39 is 11.6 Å². The van der Waals surface area contributed by atoms with Crippen LogP contribution in [-0.2, 0) is 0 Å². The highest BCUT2D eigenvalue weighted by Gasteiger charge is 2.14. The minimum Gasteiger partial charge on any atom is -0.333 e. The lowest BCUT2D eigenvalue weighted by atomic mass is 10.3. The molecule has 0 saturated carbocycles. The smallest absolute Gasteiger partial charge is 0.161 e. The maximum Gasteiger partial charge on any atom is 0.161 e. The van der Waals surface area contributed by atoms with Crippen LogP contribution in [0.2, 0.25) is 0 Å². The summed E-state index contributed by atoms with van der Waals surface area (Å²) in [6.45, 7) is 2.01. The van der Waals surface area contributed by atoms with Gasteiger partial charge < -0.3 is 5.32 Å². The van der Waals surface area contributed by atoms with E-state index in [9.17, 15) is 8.78 Å². The lowest BCUT2D eigenvalue weighted by molar-refractivity contribution is 0.581. The molecule has 1 aromatic carbocycles. The second-order valence-electron chi connectivity index (χ2n) is 3.79. The Morgan fingerprint density at radius 1 is 1.41 bits per heavy atom. The maximum absolute atomic E-state index is 13.5. The molecule has 0 aliphatic carbocycles. The Bertz CT molecular complexity index is 465. The Morgan fingerprint density at radius 2 is 2.18 bits per heavy atom. The van der Waals surface area contributed by atoms with Crippen molar-refractivity contribution in [1.82, 2.24) is 0 Å². The minimum atomic E-state index is -0.618. The molecular weight excluding hydrogens is 310 g/mol. The molecule has 92 valence electrons. The van der Waals surface area contributed by atoms with Crippen LogP contribution in [0.15, 0.2) is 21.6 Å². The number of nitrogens with zero attached hydrogens (tertiary/aromatic N) is 1. The average Bonchev–Trinajstić information content (AvgIpc) is 2.26. The third-order valence-electron chi connectivity index (χ3n) is 2.36. The van der Waals surface area contributed by atoms with Crippen molar-refractivity contribution in [2.45, 2.75) is 19.4 Å². The number of thioether (sulfide) groups is 1. The summed E-state index contributed by atoms with van der Waals surface area (Å²) in [7, 11) is 0. The second kappa shape index (κ2) is 5.35. The number of rotatable bonds is 1. The quantitative estimate of drug-likeness (QED) is 0.790. The molecule has 1 aromatic rings. The summed E-state index contributed by atoms with van der Waals surface area (Å²) >= 11 is 4.57. The molecule has 1 unspecified atom stereocenters. The summed E-state index contributed by atoms with van der Waals surface area (Å²) in [5, 5.41) is 3.57. The summed E-state index contributed by atoms with van der Waals surface area (Å²) in [6.07, 6.45) is 1.02. The van der Waals surface area contributed by atoms with Gasteiger partial charge in [0, 0.05) is 11.8 Å². The van der Waals surface area contributed by atoms with Crippen LogP contribution >= 0.6 is 27.7 Å². The molecule has 1 atom stereocenters. The van der Waals surface area contributed by atoms with Crippen LogP contribution in [0.5, 0.6) is 0 Å². The summed E-state index contributed by atoms with van der Waals surface area (Å²) < 4.78 is 26.8. The van der Waals surface area contributed by atoms with Gasteiger partial charge in [-0.1, -0.05) is 11.8 Å². The first-order valence-corrected chi connectivity index (χ1v) is 6.96. The molecule has 0 bridgehead atoms. The minimum absolute atomic E-state index is 0.232. The Hall–Kier alpha value is -0.620. The number of benzene rings is 1. The number of nitrogens with one attached hydrogen (secondary N) is 1. The van der Waals surface area contributed by atoms with Gasteiger partial charge in [-0.15, -0.1) is 0 Å². The molecule has 1 aliphatic heterocycles. The van der Waals surface area contributed by atoms with E-state index in [0.717, 1.165) is 18.2 Å². The number of amidine groups is 1. The molecule has 17 heavy (non-hydrogen) atoms. The van der Waals surface area contributed by atoms with Gasteiger partial charge in [0.25, 0.3) is 0 Å². The van der Waals surface area contributed by atoms with Gasteiger partial charge in [-0.25, -0.2) is 8.78 Å². The molecule has 1 N–H and O–H groups in total. The van der Waals surface area contributed by atoms with Crippen LogP contribution < -0.4 is 5.32 Å². The molecule has 0 fully saturated rings. The maximum atomic E-state index is 13.5. The van der Waals surface area contributed by atoms with Gasteiger partial charge in [0.05, 0.1) is 16.2 Å². The van der Waals surface area contributed by atoms with Crippen molar-refractivity contribution >= 4 is 38.5 Å². The highest BCUT2D eigenvalue weighted by Crippen LogP contribution is 2.26. The molecule has 2 nitrogen and oxygen atoms in total. The van der Waals surface area contributed by atoms with Crippen molar-refractivity contribution < 1.29 is 8.78 Å². The first-order valence-electron chi connectivity index (χ1n) is 5.18. The molecule has 6 heteroatoms. The van der Waals surface area contributed by atoms with Gasteiger partial charge in [-0.3, -0.25) is 4.99 Å². The SMILES string of the molecule is CC1CCSC(Nc2cc(Br)c(F)cc2F)=N1. The van der Waals surface area contributed by atoms with Crippen LogP contribution in [0.4, 0.5) is 14.5 Å². The van der Waals surface area contributed by atoms with E-state index in [0.29, 0.717) is 5.17 Å². The third kappa shape index (κ3) is 3.19. The fourth-order valence-electron chi connectivity index (χ4n) is 1.43. The van der Waals surface area contributed by atoms with Crippen molar-refractivity contribution in [1.29, 1.82) is 0 Å². The standard InChI is InChI=1S/C11H11BrF2N2S/c1-6-2-3-17-11(15-6)16-10-4-7(12)8(13)5-9(10)14/h4-6H,2-3H2,1H3,(H,15,16). The molecule has 0 saturated heterocycles. The average molecular weight is 321 g/mol. The van der Waals surface area contributed by atoms with Gasteiger partial charge in [-0.2, -0.15) is 0 Å². The van der Waals surface area contributed by atoms with E-state index in [1.807, 2.05) is 6.92 Å². The van der Waals surface area contributed by atoms with E-state index in [4.69, 9.17) is 0 Å². The fourth-order valence-corrected chi connectivity index (χ4v) is 2.86. The van der Waals surface area contributed by atoms with Crippen molar-refractivity contribution in [3.63, 3.8) is 0 Å². The summed E-state index contributed by atoms with van der Waals surface area (Å²) in [5.41, 5.74) is 0.235. The Morgan fingerprint density at radius 3 is 2.88 bits per heavy atom. The summed E-state index contributed by atoms with van der Waals surface area (Å²) in [6, 6.07) is 2.47. The molecule has 0 spiro atoms. The predicted molar refractivity (Wildman–Crippen MR) is 71.7 cm³/mol. The van der Waals surface area contributed by atoms with Crippen molar-refractivity contribution in [2.24, 2.45) is 4.99 Å². The van der Waals surface area contributed by atoms with E-state index in [2.05, 4.69) is 26.2 Å². The zero-order valence-corrected chi connectivity index (χ0v) is 11.5. The number of aliphatic imine (C=N–C) groups is 1. The van der Waals surface area contributed by atoms with Crippen LogP contribution in [0.1, 0.15) is 13.3 Å². The Balaban J connectivity index is 2.21. The molecule has 0 radical (unpaired) electrons. The largest absolute Gasteiger partial charge is 0.333 e. The lowest BCUT2D eigenvalue weighted by Gasteiger charge is -2.18. The topological polar surface area (TPSA) is 24.4 Å². The lowest BCUT2D eigenvalue weighted by Crippen LogP contribution is -2.18. The van der Waals surface area contributed by atoms with Crippen LogP contribution in [0.3, 0.4) is 0 Å². The van der Waals surface area contributed by atoms with Crippen molar-refractivity contribution in [2.75, 3.05) is 11.1 Å². The second-order valence-corrected chi connectivity index (χ2v) is 5.73. The van der Waals surface area contributed by atoms with E-state index in [1.165, 1.54) is 6.07 Å². The zero-order valence-electron chi connectivity index (χ0n) is 9.14. The van der Waals surface area contributed by atoms with Gasteiger partial charge in [0.15, 0.2) is 5.17 Å². The highest BCUT2D eigenvalue weighted by atomic mass is 79.9. The molecule has 1 aliphatic rings. The van der Waals surface area contributed by atoms with Crippen molar-refractivity contribution in [3.05, 3.63) is 28.2 Å². The molecule has 0 aromatic heterocycles. The fraction of sp³-hybridized carbons (Fsp3) is 0.364. The van der Waals surface area contributed by atoms with Gasteiger partial charge in [0.2, 0.25) is 0 Å². The number of hydrogen-bond acceptors (Lipinski definition) is 3. The summed E-state index contributed by atoms with van der Waals surface area (Å²) in [5.74, 6) is -0.274. The van der Waals surface area contributed by atoms with Crippen LogP contribution in [-0.4, -0.2) is 17.0 Å². The molecule has 1 heterocycles. The highest BCUT2D eigenvalue weighted by molar-refractivity contribution is 9.10. The van der Waals surface area contributed by atoms with Crippen LogP contribution in [0, 0.1) is 11.6 Å². The first-order chi connectivity index (χ1) is 8.06. The number of anilines is 1. The third-order valence-corrected chi connectivity index (χ3v) is 3.89. The monoisotopic (exact) mass is 320 g/mol. The molecule has 2 rings (SSSR count). The van der Waals surface area contributed by atoms with Gasteiger partial charge in [0.1, 0.15) is 11.6 Å². The summed E-state index contributed by atoms with van der Waals surface area (Å²) in [4.78, 5) is 4.36. The van der Waals surface area contributed by atoms with E-state index >= 15 is 0 Å². The van der Waals surface area contributed by atoms with Gasteiger partial charge >= 0.3 is 0 Å².